The van der Waals surface area contributed by atoms with E-state index < -0.39 is 24.3 Å². The topological polar surface area (TPSA) is 118 Å². The molecule has 0 radical (unpaired) electrons. The first-order valence-electron chi connectivity index (χ1n) is 4.61. The van der Waals surface area contributed by atoms with Crippen LogP contribution in [0.3, 0.4) is 0 Å². The molecule has 0 aliphatic carbocycles. The Morgan fingerprint density at radius 3 is 2.88 bits per heavy atom. The van der Waals surface area contributed by atoms with E-state index >= 15 is 0 Å². The fourth-order valence-electron chi connectivity index (χ4n) is 1.02. The van der Waals surface area contributed by atoms with Crippen molar-refractivity contribution in [3.8, 4) is 0 Å². The molecule has 16 heavy (non-hydrogen) atoms. The van der Waals surface area contributed by atoms with Gasteiger partial charge in [-0.1, -0.05) is 0 Å². The van der Waals surface area contributed by atoms with Crippen molar-refractivity contribution < 1.29 is 14.7 Å². The first-order valence-corrected chi connectivity index (χ1v) is 4.61. The van der Waals surface area contributed by atoms with Gasteiger partial charge in [0, 0.05) is 6.20 Å². The minimum Gasteiger partial charge on any atom is -0.481 e. The van der Waals surface area contributed by atoms with E-state index in [2.05, 4.69) is 15.5 Å². The highest BCUT2D eigenvalue weighted by atomic mass is 16.4. The molecule has 1 heterocycles. The lowest BCUT2D eigenvalue weighted by Gasteiger charge is -2.09. The van der Waals surface area contributed by atoms with Crippen LogP contribution >= 0.6 is 0 Å². The van der Waals surface area contributed by atoms with Gasteiger partial charge >= 0.3 is 5.97 Å². The van der Waals surface area contributed by atoms with E-state index in [1.165, 1.54) is 6.20 Å². The summed E-state index contributed by atoms with van der Waals surface area (Å²) < 4.78 is 0. The van der Waals surface area contributed by atoms with Crippen LogP contribution in [0, 0.1) is 0 Å². The number of carbonyl (C=O) groups is 2. The van der Waals surface area contributed by atoms with Crippen molar-refractivity contribution in [3.63, 3.8) is 0 Å². The van der Waals surface area contributed by atoms with Gasteiger partial charge in [-0.3, -0.25) is 9.59 Å². The van der Waals surface area contributed by atoms with Crippen molar-refractivity contribution >= 4 is 11.9 Å². The fraction of sp³-hybridized carbons (Fsp3) is 0.333. The summed E-state index contributed by atoms with van der Waals surface area (Å²) in [6.45, 7) is 0.181. The number of hydrogen-bond acceptors (Lipinski definition) is 5. The zero-order valence-corrected chi connectivity index (χ0v) is 8.46. The van der Waals surface area contributed by atoms with E-state index in [-0.39, 0.29) is 6.54 Å². The van der Waals surface area contributed by atoms with Gasteiger partial charge in [-0.2, -0.15) is 10.2 Å². The molecule has 7 heteroatoms. The van der Waals surface area contributed by atoms with Crippen LogP contribution in [0.1, 0.15) is 12.1 Å². The second-order valence-corrected chi connectivity index (χ2v) is 3.14. The quantitative estimate of drug-likeness (QED) is 0.584. The Bertz CT molecular complexity index is 368. The number of aromatic nitrogens is 2. The zero-order valence-electron chi connectivity index (χ0n) is 8.46. The molecule has 0 spiro atoms. The smallest absolute Gasteiger partial charge is 0.305 e. The van der Waals surface area contributed by atoms with Gasteiger partial charge in [-0.15, -0.1) is 0 Å². The third-order valence-electron chi connectivity index (χ3n) is 1.80. The summed E-state index contributed by atoms with van der Waals surface area (Å²) in [4.78, 5) is 21.6. The number of rotatable bonds is 5. The molecule has 0 aliphatic heterocycles. The van der Waals surface area contributed by atoms with Crippen molar-refractivity contribution in [2.24, 2.45) is 5.73 Å². The highest BCUT2D eigenvalue weighted by Crippen LogP contribution is 1.92. The first-order chi connectivity index (χ1) is 7.59. The van der Waals surface area contributed by atoms with E-state index in [9.17, 15) is 9.59 Å². The second-order valence-electron chi connectivity index (χ2n) is 3.14. The van der Waals surface area contributed by atoms with Gasteiger partial charge in [-0.05, 0) is 12.1 Å². The summed E-state index contributed by atoms with van der Waals surface area (Å²) in [6.07, 6.45) is 1.12. The van der Waals surface area contributed by atoms with Crippen LogP contribution < -0.4 is 11.1 Å². The Kier molecular flexibility index (Phi) is 4.34. The SMILES string of the molecule is NC(CC(=O)O)C(=O)NCc1cccnn1. The first kappa shape index (κ1) is 12.1. The third-order valence-corrected chi connectivity index (χ3v) is 1.80. The van der Waals surface area contributed by atoms with Crippen molar-refractivity contribution in [1.29, 1.82) is 0 Å². The Balaban J connectivity index is 2.38. The van der Waals surface area contributed by atoms with Crippen LogP contribution in [-0.4, -0.2) is 33.2 Å². The van der Waals surface area contributed by atoms with Gasteiger partial charge in [0.25, 0.3) is 0 Å². The fourth-order valence-corrected chi connectivity index (χ4v) is 1.02. The van der Waals surface area contributed by atoms with E-state index in [1.54, 1.807) is 12.1 Å². The third kappa shape index (κ3) is 4.01. The molecule has 0 bridgehead atoms. The molecule has 0 aromatic carbocycles. The summed E-state index contributed by atoms with van der Waals surface area (Å²) in [7, 11) is 0. The predicted octanol–water partition coefficient (Wildman–Crippen LogP) is -1.11. The molecule has 1 aromatic heterocycles. The number of amides is 1. The number of nitrogens with one attached hydrogen (secondary N) is 1. The molecule has 1 atom stereocenters. The van der Waals surface area contributed by atoms with Crippen molar-refractivity contribution in [2.75, 3.05) is 0 Å². The number of nitrogens with two attached hydrogens (primary N) is 1. The Labute approximate surface area is 91.7 Å². The van der Waals surface area contributed by atoms with Gasteiger partial charge in [0.1, 0.15) is 0 Å². The van der Waals surface area contributed by atoms with Gasteiger partial charge in [-0.25, -0.2) is 0 Å². The van der Waals surface area contributed by atoms with Crippen molar-refractivity contribution in [2.45, 2.75) is 19.0 Å². The Hall–Kier alpha value is -2.02. The maximum absolute atomic E-state index is 11.3. The summed E-state index contributed by atoms with van der Waals surface area (Å²) >= 11 is 0. The highest BCUT2D eigenvalue weighted by molar-refractivity contribution is 5.85. The molecule has 7 nitrogen and oxygen atoms in total. The van der Waals surface area contributed by atoms with Crippen LogP contribution in [-0.2, 0) is 16.1 Å². The molecule has 86 valence electrons. The number of aliphatic carboxylic acids is 1. The van der Waals surface area contributed by atoms with Crippen molar-refractivity contribution in [3.05, 3.63) is 24.0 Å². The normalized spacial score (nSPS) is 11.8. The number of carboxylic acid groups (broad SMARTS) is 1. The minimum absolute atomic E-state index is 0.181. The van der Waals surface area contributed by atoms with E-state index in [0.29, 0.717) is 5.69 Å². The summed E-state index contributed by atoms with van der Waals surface area (Å²) in [6, 6.07) is 2.33. The summed E-state index contributed by atoms with van der Waals surface area (Å²) in [5.74, 6) is -1.63. The van der Waals surface area contributed by atoms with Gasteiger partial charge in [0.05, 0.1) is 24.7 Å². The Morgan fingerprint density at radius 1 is 1.56 bits per heavy atom. The zero-order chi connectivity index (χ0) is 12.0. The van der Waals surface area contributed by atoms with Crippen LogP contribution in [0.25, 0.3) is 0 Å². The minimum atomic E-state index is -1.11. The predicted molar refractivity (Wildman–Crippen MR) is 54.1 cm³/mol. The average Bonchev–Trinajstić information content (AvgIpc) is 2.26. The monoisotopic (exact) mass is 224 g/mol. The van der Waals surface area contributed by atoms with Crippen molar-refractivity contribution in [1.82, 2.24) is 15.5 Å². The van der Waals surface area contributed by atoms with Crippen LogP contribution in [0.5, 0.6) is 0 Å². The van der Waals surface area contributed by atoms with E-state index in [4.69, 9.17) is 10.8 Å². The molecule has 0 fully saturated rings. The lowest BCUT2D eigenvalue weighted by atomic mass is 10.2. The lowest BCUT2D eigenvalue weighted by Crippen LogP contribution is -2.41. The molecule has 1 amide bonds. The number of hydrogen-bond donors (Lipinski definition) is 3. The highest BCUT2D eigenvalue weighted by Gasteiger charge is 2.16. The lowest BCUT2D eigenvalue weighted by molar-refractivity contribution is -0.139. The molecular formula is C9H12N4O3. The summed E-state index contributed by atoms with van der Waals surface area (Å²) in [5.41, 5.74) is 5.94. The molecule has 0 saturated heterocycles. The largest absolute Gasteiger partial charge is 0.481 e. The number of carbonyl (C=O) groups excluding carboxylic acids is 1. The van der Waals surface area contributed by atoms with E-state index in [1.807, 2.05) is 0 Å². The van der Waals surface area contributed by atoms with Gasteiger partial charge < -0.3 is 16.2 Å². The molecular weight excluding hydrogens is 212 g/mol. The van der Waals surface area contributed by atoms with Crippen LogP contribution in [0.2, 0.25) is 0 Å². The van der Waals surface area contributed by atoms with Crippen LogP contribution in [0.15, 0.2) is 18.3 Å². The molecule has 1 rings (SSSR count). The molecule has 1 unspecified atom stereocenters. The molecule has 4 N–H and O–H groups in total. The second kappa shape index (κ2) is 5.76. The maximum Gasteiger partial charge on any atom is 0.305 e. The number of nitrogens with zero attached hydrogens (tertiary/aromatic N) is 2. The number of carboxylic acids is 1. The average molecular weight is 224 g/mol. The van der Waals surface area contributed by atoms with Gasteiger partial charge in [0.15, 0.2) is 0 Å². The maximum atomic E-state index is 11.3. The molecule has 0 saturated carbocycles. The van der Waals surface area contributed by atoms with Crippen LogP contribution in [0.4, 0.5) is 0 Å². The molecule has 0 aliphatic rings. The standard InChI is InChI=1S/C9H12N4O3/c10-7(4-8(14)15)9(16)11-5-6-2-1-3-12-13-6/h1-3,7H,4-5,10H2,(H,11,16)(H,14,15). The summed E-state index contributed by atoms with van der Waals surface area (Å²) in [5, 5.41) is 18.3. The van der Waals surface area contributed by atoms with Gasteiger partial charge in [0.2, 0.25) is 5.91 Å². The van der Waals surface area contributed by atoms with E-state index in [0.717, 1.165) is 0 Å². The Morgan fingerprint density at radius 2 is 2.31 bits per heavy atom. The molecule has 1 aromatic rings.